The van der Waals surface area contributed by atoms with Gasteiger partial charge in [-0.2, -0.15) is 4.31 Å². The van der Waals surface area contributed by atoms with E-state index in [1.807, 2.05) is 44.2 Å². The first-order valence-corrected chi connectivity index (χ1v) is 10.2. The Morgan fingerprint density at radius 1 is 1.19 bits per heavy atom. The Bertz CT molecular complexity index is 955. The molecule has 1 aliphatic heterocycles. The van der Waals surface area contributed by atoms with Gasteiger partial charge in [-0.3, -0.25) is 4.79 Å². The van der Waals surface area contributed by atoms with Gasteiger partial charge in [0.05, 0.1) is 17.1 Å². The number of nitrogens with zero attached hydrogens (tertiary/aromatic N) is 2. The molecule has 0 radical (unpaired) electrons. The van der Waals surface area contributed by atoms with Crippen LogP contribution in [0.15, 0.2) is 53.4 Å². The summed E-state index contributed by atoms with van der Waals surface area (Å²) >= 11 is 0. The Morgan fingerprint density at radius 2 is 1.85 bits per heavy atom. The lowest BCUT2D eigenvalue weighted by Gasteiger charge is -2.39. The number of benzene rings is 2. The lowest BCUT2D eigenvalue weighted by molar-refractivity contribution is -0.117. The maximum absolute atomic E-state index is 13.0. The molecular weight excluding hydrogens is 364 g/mol. The Balaban J connectivity index is 1.95. The van der Waals surface area contributed by atoms with Crippen molar-refractivity contribution < 1.29 is 17.9 Å². The fourth-order valence-corrected chi connectivity index (χ4v) is 4.32. The molecule has 3 rings (SSSR count). The predicted molar refractivity (Wildman–Crippen MR) is 104 cm³/mol. The number of ether oxygens (including phenoxy) is 1. The number of fused-ring (bicyclic) bond motifs is 1. The van der Waals surface area contributed by atoms with E-state index in [4.69, 9.17) is 4.74 Å². The van der Waals surface area contributed by atoms with Crippen molar-refractivity contribution in [3.05, 3.63) is 54.1 Å². The van der Waals surface area contributed by atoms with Crippen LogP contribution in [-0.4, -0.2) is 37.8 Å². The minimum atomic E-state index is -3.71. The number of amides is 1. The van der Waals surface area contributed by atoms with Crippen LogP contribution < -0.4 is 9.64 Å². The highest BCUT2D eigenvalue weighted by Crippen LogP contribution is 2.39. The van der Waals surface area contributed by atoms with E-state index in [-0.39, 0.29) is 17.3 Å². The Hall–Kier alpha value is -2.38. The van der Waals surface area contributed by atoms with E-state index in [1.165, 1.54) is 23.4 Å². The summed E-state index contributed by atoms with van der Waals surface area (Å²) in [5, 5.41) is 0. The zero-order valence-corrected chi connectivity index (χ0v) is 16.8. The van der Waals surface area contributed by atoms with Gasteiger partial charge in [-0.1, -0.05) is 30.3 Å². The van der Waals surface area contributed by atoms with Gasteiger partial charge in [-0.05, 0) is 37.6 Å². The van der Waals surface area contributed by atoms with Crippen molar-refractivity contribution in [2.75, 3.05) is 18.5 Å². The van der Waals surface area contributed by atoms with Crippen LogP contribution in [0.2, 0.25) is 0 Å². The molecule has 0 saturated carbocycles. The monoisotopic (exact) mass is 388 g/mol. The predicted octanol–water partition coefficient (Wildman–Crippen LogP) is 3.03. The van der Waals surface area contributed by atoms with Gasteiger partial charge in [-0.25, -0.2) is 8.42 Å². The molecule has 0 aromatic heterocycles. The largest absolute Gasteiger partial charge is 0.484 e. The topological polar surface area (TPSA) is 66.9 Å². The number of carbonyl (C=O) groups is 1. The van der Waals surface area contributed by atoms with E-state index >= 15 is 0 Å². The number of hydrogen-bond acceptors (Lipinski definition) is 4. The van der Waals surface area contributed by atoms with Crippen molar-refractivity contribution in [3.8, 4) is 5.75 Å². The maximum atomic E-state index is 13.0. The van der Waals surface area contributed by atoms with Crippen LogP contribution in [-0.2, 0) is 21.4 Å². The third-order valence-corrected chi connectivity index (χ3v) is 6.28. The Kier molecular flexibility index (Phi) is 5.01. The molecule has 0 fully saturated rings. The van der Waals surface area contributed by atoms with Gasteiger partial charge in [0.25, 0.3) is 0 Å². The molecule has 0 aliphatic carbocycles. The quantitative estimate of drug-likeness (QED) is 0.807. The average Bonchev–Trinajstić information content (AvgIpc) is 2.60. The summed E-state index contributed by atoms with van der Waals surface area (Å²) in [7, 11) is -2.16. The first-order valence-electron chi connectivity index (χ1n) is 8.72. The first kappa shape index (κ1) is 19.4. The van der Waals surface area contributed by atoms with Crippen LogP contribution in [0.1, 0.15) is 26.3 Å². The summed E-state index contributed by atoms with van der Waals surface area (Å²) in [4.78, 5) is 13.8. The third kappa shape index (κ3) is 3.99. The zero-order valence-electron chi connectivity index (χ0n) is 16.0. The molecule has 0 spiro atoms. The highest BCUT2D eigenvalue weighted by molar-refractivity contribution is 7.89. The number of hydrogen-bond donors (Lipinski definition) is 0. The third-order valence-electron chi connectivity index (χ3n) is 4.48. The first-order chi connectivity index (χ1) is 12.6. The van der Waals surface area contributed by atoms with Gasteiger partial charge in [0.2, 0.25) is 15.9 Å². The Labute approximate surface area is 160 Å². The van der Waals surface area contributed by atoms with Crippen molar-refractivity contribution in [2.24, 2.45) is 0 Å². The summed E-state index contributed by atoms with van der Waals surface area (Å²) in [6.07, 6.45) is 0. The summed E-state index contributed by atoms with van der Waals surface area (Å²) in [5.41, 5.74) is 0.844. The standard InChI is InChI=1S/C20H24N2O4S/c1-15(23)22-14-20(2,3)26-19-11-10-17(12-18(19)22)27(24,25)21(4)13-16-8-6-5-7-9-16/h5-12H,13-14H2,1-4H3. The molecule has 0 bridgehead atoms. The van der Waals surface area contributed by atoms with Gasteiger partial charge in [0.15, 0.2) is 0 Å². The zero-order chi connectivity index (χ0) is 19.8. The fraction of sp³-hybridized carbons (Fsp3) is 0.350. The molecule has 2 aromatic carbocycles. The second-order valence-electron chi connectivity index (χ2n) is 7.34. The van der Waals surface area contributed by atoms with E-state index < -0.39 is 15.6 Å². The van der Waals surface area contributed by atoms with Crippen LogP contribution in [0.5, 0.6) is 5.75 Å². The molecule has 144 valence electrons. The van der Waals surface area contributed by atoms with Crippen molar-refractivity contribution in [1.29, 1.82) is 0 Å². The van der Waals surface area contributed by atoms with Gasteiger partial charge in [-0.15, -0.1) is 0 Å². The normalized spacial score (nSPS) is 16.0. The lowest BCUT2D eigenvalue weighted by atomic mass is 10.1. The molecule has 0 atom stereocenters. The molecule has 1 amide bonds. The summed E-state index contributed by atoms with van der Waals surface area (Å²) < 4.78 is 33.2. The van der Waals surface area contributed by atoms with Crippen LogP contribution in [0.3, 0.4) is 0 Å². The SMILES string of the molecule is CC(=O)N1CC(C)(C)Oc2ccc(S(=O)(=O)N(C)Cc3ccccc3)cc21. The number of anilines is 1. The molecule has 0 N–H and O–H groups in total. The highest BCUT2D eigenvalue weighted by Gasteiger charge is 2.35. The molecule has 2 aromatic rings. The number of sulfonamides is 1. The fourth-order valence-electron chi connectivity index (χ4n) is 3.14. The lowest BCUT2D eigenvalue weighted by Crippen LogP contribution is -2.48. The minimum absolute atomic E-state index is 0.134. The molecule has 1 heterocycles. The molecule has 7 heteroatoms. The van der Waals surface area contributed by atoms with Gasteiger partial charge in [0, 0.05) is 20.5 Å². The van der Waals surface area contributed by atoms with Crippen molar-refractivity contribution >= 4 is 21.6 Å². The van der Waals surface area contributed by atoms with E-state index in [9.17, 15) is 13.2 Å². The van der Waals surface area contributed by atoms with E-state index in [0.717, 1.165) is 5.56 Å². The smallest absolute Gasteiger partial charge is 0.243 e. The van der Waals surface area contributed by atoms with Crippen LogP contribution in [0.25, 0.3) is 0 Å². The van der Waals surface area contributed by atoms with Gasteiger partial charge < -0.3 is 9.64 Å². The minimum Gasteiger partial charge on any atom is -0.484 e. The Morgan fingerprint density at radius 3 is 2.48 bits per heavy atom. The van der Waals surface area contributed by atoms with Gasteiger partial charge in [0.1, 0.15) is 11.4 Å². The second kappa shape index (κ2) is 6.98. The van der Waals surface area contributed by atoms with E-state index in [2.05, 4.69) is 0 Å². The summed E-state index contributed by atoms with van der Waals surface area (Å²) in [5.74, 6) is 0.353. The van der Waals surface area contributed by atoms with Crippen molar-refractivity contribution in [2.45, 2.75) is 37.8 Å². The average molecular weight is 388 g/mol. The van der Waals surface area contributed by atoms with E-state index in [1.54, 1.807) is 18.0 Å². The molecule has 0 saturated heterocycles. The summed E-state index contributed by atoms with van der Waals surface area (Å²) in [6.45, 7) is 5.88. The van der Waals surface area contributed by atoms with Gasteiger partial charge >= 0.3 is 0 Å². The molecular formula is C20H24N2O4S. The molecule has 27 heavy (non-hydrogen) atoms. The molecule has 6 nitrogen and oxygen atoms in total. The van der Waals surface area contributed by atoms with Crippen molar-refractivity contribution in [3.63, 3.8) is 0 Å². The van der Waals surface area contributed by atoms with E-state index in [0.29, 0.717) is 18.0 Å². The number of rotatable bonds is 4. The van der Waals surface area contributed by atoms with Crippen LogP contribution in [0, 0.1) is 0 Å². The highest BCUT2D eigenvalue weighted by atomic mass is 32.2. The van der Waals surface area contributed by atoms with Crippen LogP contribution in [0.4, 0.5) is 5.69 Å². The maximum Gasteiger partial charge on any atom is 0.243 e. The second-order valence-corrected chi connectivity index (χ2v) is 9.39. The number of carbonyl (C=O) groups excluding carboxylic acids is 1. The molecule has 1 aliphatic rings. The molecule has 0 unspecified atom stereocenters. The summed E-state index contributed by atoms with van der Waals surface area (Å²) in [6, 6.07) is 14.1. The van der Waals surface area contributed by atoms with Crippen LogP contribution >= 0.6 is 0 Å². The van der Waals surface area contributed by atoms with Crippen molar-refractivity contribution in [1.82, 2.24) is 4.31 Å².